The van der Waals surface area contributed by atoms with Crippen LogP contribution in [0.3, 0.4) is 0 Å². The Morgan fingerprint density at radius 3 is 2.72 bits per heavy atom. The normalized spacial score (nSPS) is 14.6. The molecular formula is C22H26N5O2+. The fraction of sp³-hybridized carbons (Fsp3) is 0.318. The van der Waals surface area contributed by atoms with E-state index in [-0.39, 0.29) is 5.91 Å². The van der Waals surface area contributed by atoms with Gasteiger partial charge in [-0.1, -0.05) is 18.2 Å². The van der Waals surface area contributed by atoms with Gasteiger partial charge in [0, 0.05) is 37.1 Å². The fourth-order valence-corrected chi connectivity index (χ4v) is 3.51. The van der Waals surface area contributed by atoms with E-state index in [1.165, 1.54) is 0 Å². The number of ether oxygens (including phenoxy) is 1. The van der Waals surface area contributed by atoms with E-state index in [0.29, 0.717) is 17.8 Å². The molecule has 3 heterocycles. The molecule has 1 amide bonds. The second-order valence-corrected chi connectivity index (χ2v) is 7.14. The van der Waals surface area contributed by atoms with Crippen molar-refractivity contribution in [3.05, 3.63) is 66.6 Å². The van der Waals surface area contributed by atoms with Crippen molar-refractivity contribution in [2.75, 3.05) is 39.4 Å². The number of carbonyl (C=O) groups excluding carboxylic acids is 1. The molecule has 1 aliphatic heterocycles. The van der Waals surface area contributed by atoms with Crippen LogP contribution in [0, 0.1) is 0 Å². The van der Waals surface area contributed by atoms with Crippen LogP contribution in [0.1, 0.15) is 16.8 Å². The number of hydrogen-bond acceptors (Lipinski definition) is 4. The zero-order valence-electron chi connectivity index (χ0n) is 16.4. The first kappa shape index (κ1) is 19.3. The molecule has 1 fully saturated rings. The van der Waals surface area contributed by atoms with Gasteiger partial charge < -0.3 is 15.0 Å². The minimum atomic E-state index is -0.108. The number of quaternary nitrogens is 1. The summed E-state index contributed by atoms with van der Waals surface area (Å²) in [5.74, 6) is -0.108. The number of aromatic nitrogens is 3. The van der Waals surface area contributed by atoms with E-state index in [9.17, 15) is 4.79 Å². The van der Waals surface area contributed by atoms with Crippen LogP contribution < -0.4 is 10.2 Å². The van der Waals surface area contributed by atoms with Crippen molar-refractivity contribution in [1.29, 1.82) is 0 Å². The fourth-order valence-electron chi connectivity index (χ4n) is 3.51. The Balaban J connectivity index is 1.47. The zero-order chi connectivity index (χ0) is 19.9. The van der Waals surface area contributed by atoms with Gasteiger partial charge in [-0.05, 0) is 24.3 Å². The predicted molar refractivity (Wildman–Crippen MR) is 110 cm³/mol. The molecule has 1 saturated heterocycles. The number of pyridine rings is 1. The number of morpholine rings is 1. The highest BCUT2D eigenvalue weighted by Crippen LogP contribution is 2.23. The third-order valence-corrected chi connectivity index (χ3v) is 5.11. The lowest BCUT2D eigenvalue weighted by Gasteiger charge is -2.23. The second-order valence-electron chi connectivity index (χ2n) is 7.14. The Bertz CT molecular complexity index is 921. The van der Waals surface area contributed by atoms with E-state index in [1.807, 2.05) is 42.5 Å². The minimum absolute atomic E-state index is 0.108. The number of nitrogens with one attached hydrogen (secondary N) is 2. The standard InChI is InChI=1S/C22H25N5O2/c28-22(24-10-5-11-26-12-14-29-15-13-26)20-17-27(19-7-2-1-3-8-19)25-21(20)18-6-4-9-23-16-18/h1-4,6-9,16-17H,5,10-15H2,(H,24,28)/p+1. The monoisotopic (exact) mass is 392 g/mol. The average Bonchev–Trinajstić information content (AvgIpc) is 3.24. The molecule has 1 aliphatic rings. The van der Waals surface area contributed by atoms with Crippen molar-refractivity contribution in [2.24, 2.45) is 0 Å². The lowest BCUT2D eigenvalue weighted by molar-refractivity contribution is -0.908. The van der Waals surface area contributed by atoms with E-state index in [4.69, 9.17) is 4.74 Å². The number of carbonyl (C=O) groups is 1. The molecule has 0 saturated carbocycles. The molecule has 0 unspecified atom stereocenters. The Hall–Kier alpha value is -3.03. The lowest BCUT2D eigenvalue weighted by Crippen LogP contribution is -3.14. The van der Waals surface area contributed by atoms with Gasteiger partial charge in [-0.3, -0.25) is 9.78 Å². The van der Waals surface area contributed by atoms with E-state index in [0.717, 1.165) is 50.5 Å². The van der Waals surface area contributed by atoms with Crippen LogP contribution in [0.5, 0.6) is 0 Å². The van der Waals surface area contributed by atoms with Crippen LogP contribution in [0.2, 0.25) is 0 Å². The van der Waals surface area contributed by atoms with Crippen LogP contribution in [-0.4, -0.2) is 60.1 Å². The summed E-state index contributed by atoms with van der Waals surface area (Å²) in [4.78, 5) is 18.6. The summed E-state index contributed by atoms with van der Waals surface area (Å²) in [6.07, 6.45) is 6.18. The first-order valence-electron chi connectivity index (χ1n) is 10.1. The maximum atomic E-state index is 12.9. The molecule has 4 rings (SSSR count). The molecule has 0 radical (unpaired) electrons. The molecule has 7 nitrogen and oxygen atoms in total. The highest BCUT2D eigenvalue weighted by atomic mass is 16.5. The van der Waals surface area contributed by atoms with Gasteiger partial charge in [0.2, 0.25) is 0 Å². The molecule has 2 N–H and O–H groups in total. The maximum absolute atomic E-state index is 12.9. The first-order valence-corrected chi connectivity index (χ1v) is 10.1. The highest BCUT2D eigenvalue weighted by Gasteiger charge is 2.19. The van der Waals surface area contributed by atoms with Gasteiger partial charge in [-0.2, -0.15) is 5.10 Å². The molecule has 29 heavy (non-hydrogen) atoms. The number of benzene rings is 1. The molecular weight excluding hydrogens is 366 g/mol. The van der Waals surface area contributed by atoms with Gasteiger partial charge in [0.05, 0.1) is 31.0 Å². The molecule has 7 heteroatoms. The number of nitrogens with zero attached hydrogens (tertiary/aromatic N) is 3. The zero-order valence-corrected chi connectivity index (χ0v) is 16.4. The largest absolute Gasteiger partial charge is 0.370 e. The molecule has 0 bridgehead atoms. The van der Waals surface area contributed by atoms with Gasteiger partial charge in [0.25, 0.3) is 5.91 Å². The summed E-state index contributed by atoms with van der Waals surface area (Å²) >= 11 is 0. The van der Waals surface area contributed by atoms with Gasteiger partial charge in [-0.25, -0.2) is 4.68 Å². The summed E-state index contributed by atoms with van der Waals surface area (Å²) in [7, 11) is 0. The van der Waals surface area contributed by atoms with Crippen LogP contribution in [0.4, 0.5) is 0 Å². The lowest BCUT2D eigenvalue weighted by atomic mass is 10.1. The summed E-state index contributed by atoms with van der Waals surface area (Å²) in [6, 6.07) is 13.6. The summed E-state index contributed by atoms with van der Waals surface area (Å²) < 4.78 is 7.14. The van der Waals surface area contributed by atoms with Gasteiger partial charge >= 0.3 is 0 Å². The van der Waals surface area contributed by atoms with Crippen LogP contribution in [-0.2, 0) is 4.74 Å². The van der Waals surface area contributed by atoms with Crippen molar-refractivity contribution in [3.8, 4) is 16.9 Å². The quantitative estimate of drug-likeness (QED) is 0.588. The van der Waals surface area contributed by atoms with Crippen molar-refractivity contribution >= 4 is 5.91 Å². The molecule has 150 valence electrons. The van der Waals surface area contributed by atoms with Crippen LogP contribution >= 0.6 is 0 Å². The summed E-state index contributed by atoms with van der Waals surface area (Å²) in [6.45, 7) is 5.43. The van der Waals surface area contributed by atoms with Crippen LogP contribution in [0.15, 0.2) is 61.1 Å². The second kappa shape index (κ2) is 9.45. The van der Waals surface area contributed by atoms with Crippen molar-refractivity contribution in [3.63, 3.8) is 0 Å². The van der Waals surface area contributed by atoms with E-state index >= 15 is 0 Å². The number of amides is 1. The molecule has 0 spiro atoms. The van der Waals surface area contributed by atoms with Gasteiger partial charge in [0.1, 0.15) is 18.8 Å². The van der Waals surface area contributed by atoms with Crippen molar-refractivity contribution in [1.82, 2.24) is 20.1 Å². The Morgan fingerprint density at radius 1 is 1.14 bits per heavy atom. The predicted octanol–water partition coefficient (Wildman–Crippen LogP) is 0.969. The third kappa shape index (κ3) is 4.88. The Labute approximate surface area is 170 Å². The first-order chi connectivity index (χ1) is 14.3. The topological polar surface area (TPSA) is 73.5 Å². The van der Waals surface area contributed by atoms with Crippen LogP contribution in [0.25, 0.3) is 16.9 Å². The SMILES string of the molecule is O=C(NCCC[NH+]1CCOCC1)c1cn(-c2ccccc2)nc1-c1cccnc1. The third-order valence-electron chi connectivity index (χ3n) is 5.11. The number of hydrogen-bond donors (Lipinski definition) is 2. The van der Waals surface area contributed by atoms with E-state index in [2.05, 4.69) is 15.4 Å². The molecule has 1 aromatic carbocycles. The Morgan fingerprint density at radius 2 is 1.97 bits per heavy atom. The van der Waals surface area contributed by atoms with Gasteiger partial charge in [-0.15, -0.1) is 0 Å². The number of para-hydroxylation sites is 1. The summed E-state index contributed by atoms with van der Waals surface area (Å²) in [5.41, 5.74) is 2.93. The molecule has 3 aromatic rings. The van der Waals surface area contributed by atoms with Crippen molar-refractivity contribution in [2.45, 2.75) is 6.42 Å². The highest BCUT2D eigenvalue weighted by molar-refractivity contribution is 5.99. The average molecular weight is 392 g/mol. The number of rotatable bonds is 7. The van der Waals surface area contributed by atoms with Gasteiger partial charge in [0.15, 0.2) is 0 Å². The Kier molecular flexibility index (Phi) is 6.29. The maximum Gasteiger partial charge on any atom is 0.255 e. The summed E-state index contributed by atoms with van der Waals surface area (Å²) in [5, 5.41) is 7.73. The minimum Gasteiger partial charge on any atom is -0.370 e. The molecule has 0 atom stereocenters. The smallest absolute Gasteiger partial charge is 0.255 e. The molecule has 0 aliphatic carbocycles. The van der Waals surface area contributed by atoms with E-state index < -0.39 is 0 Å². The molecule has 2 aromatic heterocycles. The van der Waals surface area contributed by atoms with E-state index in [1.54, 1.807) is 28.2 Å². The van der Waals surface area contributed by atoms with Crippen molar-refractivity contribution < 1.29 is 14.4 Å².